The number of hydrogen-bond donors (Lipinski definition) is 1. The van der Waals surface area contributed by atoms with Crippen molar-refractivity contribution in [1.29, 1.82) is 0 Å². The molecule has 1 nitrogen and oxygen atoms in total. The van der Waals surface area contributed by atoms with Crippen LogP contribution < -0.4 is 5.32 Å². The Hall–Kier alpha value is -0.180. The highest BCUT2D eigenvalue weighted by atomic mass is 19.3. The molecule has 0 spiro atoms. The molecule has 0 aromatic rings. The lowest BCUT2D eigenvalue weighted by atomic mass is 9.94. The summed E-state index contributed by atoms with van der Waals surface area (Å²) in [5.74, 6) is -2.94. The van der Waals surface area contributed by atoms with Gasteiger partial charge in [-0.2, -0.15) is 0 Å². The normalized spacial score (nSPS) is 28.5. The Morgan fingerprint density at radius 1 is 1.50 bits per heavy atom. The van der Waals surface area contributed by atoms with E-state index < -0.39 is 11.8 Å². The van der Waals surface area contributed by atoms with Crippen molar-refractivity contribution in [3.63, 3.8) is 0 Å². The van der Waals surface area contributed by atoms with Gasteiger partial charge in [-0.1, -0.05) is 0 Å². The topological polar surface area (TPSA) is 12.0 Å². The highest BCUT2D eigenvalue weighted by Crippen LogP contribution is 2.28. The molecule has 1 atom stereocenters. The van der Waals surface area contributed by atoms with E-state index >= 15 is 0 Å². The zero-order chi connectivity index (χ0) is 7.61. The number of halogens is 2. The van der Waals surface area contributed by atoms with Crippen LogP contribution in [0.5, 0.6) is 0 Å². The molecule has 1 saturated heterocycles. The molecule has 0 amide bonds. The number of alkyl halides is 2. The lowest BCUT2D eigenvalue weighted by Crippen LogP contribution is -2.38. The van der Waals surface area contributed by atoms with Crippen molar-refractivity contribution < 1.29 is 8.78 Å². The second-order valence-corrected chi connectivity index (χ2v) is 3.00. The maximum Gasteiger partial charge on any atom is 0.249 e. The molecular formula is C7H13F2N. The molecule has 0 aromatic carbocycles. The van der Waals surface area contributed by atoms with Gasteiger partial charge < -0.3 is 5.32 Å². The molecule has 1 rings (SSSR count). The fourth-order valence-electron chi connectivity index (χ4n) is 1.28. The van der Waals surface area contributed by atoms with Crippen LogP contribution in [-0.4, -0.2) is 19.0 Å². The van der Waals surface area contributed by atoms with Crippen LogP contribution in [0.3, 0.4) is 0 Å². The monoisotopic (exact) mass is 149 g/mol. The van der Waals surface area contributed by atoms with Crippen LogP contribution in [0.15, 0.2) is 0 Å². The van der Waals surface area contributed by atoms with E-state index in [9.17, 15) is 8.78 Å². The summed E-state index contributed by atoms with van der Waals surface area (Å²) in [5, 5.41) is 2.96. The number of hydrogen-bond acceptors (Lipinski definition) is 1. The molecular weight excluding hydrogens is 136 g/mol. The number of piperidine rings is 1. The summed E-state index contributed by atoms with van der Waals surface area (Å²) in [5.41, 5.74) is 0. The Balaban J connectivity index is 2.39. The van der Waals surface area contributed by atoms with Crippen LogP contribution in [0.25, 0.3) is 0 Å². The molecule has 3 heteroatoms. The summed E-state index contributed by atoms with van der Waals surface area (Å²) in [7, 11) is 0. The van der Waals surface area contributed by atoms with E-state index in [1.54, 1.807) is 0 Å². The maximum absolute atomic E-state index is 12.6. The van der Waals surface area contributed by atoms with E-state index in [0.717, 1.165) is 19.9 Å². The van der Waals surface area contributed by atoms with E-state index in [4.69, 9.17) is 0 Å². The maximum atomic E-state index is 12.6. The lowest BCUT2D eigenvalue weighted by molar-refractivity contribution is -0.0474. The average Bonchev–Trinajstić information content (AvgIpc) is 1.88. The fourth-order valence-corrected chi connectivity index (χ4v) is 1.28. The Morgan fingerprint density at radius 3 is 2.50 bits per heavy atom. The van der Waals surface area contributed by atoms with Gasteiger partial charge in [-0.25, -0.2) is 8.78 Å². The van der Waals surface area contributed by atoms with Gasteiger partial charge >= 0.3 is 0 Å². The first-order chi connectivity index (χ1) is 4.61. The minimum Gasteiger partial charge on any atom is -0.316 e. The van der Waals surface area contributed by atoms with Gasteiger partial charge in [-0.15, -0.1) is 0 Å². The van der Waals surface area contributed by atoms with Crippen molar-refractivity contribution in [2.75, 3.05) is 13.1 Å². The van der Waals surface area contributed by atoms with Crippen molar-refractivity contribution in [2.45, 2.75) is 25.7 Å². The van der Waals surface area contributed by atoms with E-state index in [0.29, 0.717) is 13.0 Å². The molecule has 0 aromatic heterocycles. The first-order valence-corrected chi connectivity index (χ1v) is 3.69. The second kappa shape index (κ2) is 2.82. The van der Waals surface area contributed by atoms with Crippen LogP contribution in [0.1, 0.15) is 19.8 Å². The zero-order valence-electron chi connectivity index (χ0n) is 6.16. The minimum absolute atomic E-state index is 0.443. The van der Waals surface area contributed by atoms with Crippen molar-refractivity contribution in [3.8, 4) is 0 Å². The summed E-state index contributed by atoms with van der Waals surface area (Å²) < 4.78 is 25.1. The summed E-state index contributed by atoms with van der Waals surface area (Å²) in [4.78, 5) is 0. The molecule has 1 N–H and O–H groups in total. The molecule has 0 aliphatic carbocycles. The molecule has 10 heavy (non-hydrogen) atoms. The predicted octanol–water partition coefficient (Wildman–Crippen LogP) is 1.64. The van der Waals surface area contributed by atoms with E-state index in [-0.39, 0.29) is 0 Å². The predicted molar refractivity (Wildman–Crippen MR) is 36.2 cm³/mol. The van der Waals surface area contributed by atoms with Gasteiger partial charge in [0.15, 0.2) is 0 Å². The molecule has 1 aliphatic heterocycles. The van der Waals surface area contributed by atoms with Crippen LogP contribution in [0.4, 0.5) is 8.78 Å². The summed E-state index contributed by atoms with van der Waals surface area (Å²) in [6.45, 7) is 2.38. The summed E-state index contributed by atoms with van der Waals surface area (Å²) in [6, 6.07) is 0. The van der Waals surface area contributed by atoms with Crippen molar-refractivity contribution in [3.05, 3.63) is 0 Å². The third kappa shape index (κ3) is 1.90. The SMILES string of the molecule is CC(F)(F)C1CCCNC1. The molecule has 1 unspecified atom stereocenters. The highest BCUT2D eigenvalue weighted by Gasteiger charge is 2.34. The van der Waals surface area contributed by atoms with Crippen molar-refractivity contribution in [2.24, 2.45) is 5.92 Å². The quantitative estimate of drug-likeness (QED) is 0.597. The Bertz CT molecular complexity index is 103. The Morgan fingerprint density at radius 2 is 2.20 bits per heavy atom. The first kappa shape index (κ1) is 7.92. The molecule has 1 heterocycles. The molecule has 0 radical (unpaired) electrons. The Labute approximate surface area is 59.8 Å². The second-order valence-electron chi connectivity index (χ2n) is 3.00. The molecule has 1 fully saturated rings. The van der Waals surface area contributed by atoms with E-state index in [1.165, 1.54) is 0 Å². The van der Waals surface area contributed by atoms with Crippen molar-refractivity contribution in [1.82, 2.24) is 5.32 Å². The van der Waals surface area contributed by atoms with Crippen LogP contribution in [0, 0.1) is 5.92 Å². The first-order valence-electron chi connectivity index (χ1n) is 3.69. The van der Waals surface area contributed by atoms with E-state index in [2.05, 4.69) is 5.32 Å². The Kier molecular flexibility index (Phi) is 2.24. The van der Waals surface area contributed by atoms with Gasteiger partial charge in [0.25, 0.3) is 0 Å². The van der Waals surface area contributed by atoms with Crippen LogP contribution in [-0.2, 0) is 0 Å². The van der Waals surface area contributed by atoms with Gasteiger partial charge in [0.2, 0.25) is 5.92 Å². The van der Waals surface area contributed by atoms with Crippen LogP contribution >= 0.6 is 0 Å². The summed E-state index contributed by atoms with van der Waals surface area (Å²) in [6.07, 6.45) is 1.55. The average molecular weight is 149 g/mol. The van der Waals surface area contributed by atoms with Crippen molar-refractivity contribution >= 4 is 0 Å². The number of nitrogens with one attached hydrogen (secondary N) is 1. The standard InChI is InChI=1S/C7H13F2N/c1-7(8,9)6-3-2-4-10-5-6/h6,10H,2-5H2,1H3. The molecule has 60 valence electrons. The largest absolute Gasteiger partial charge is 0.316 e. The fraction of sp³-hybridized carbons (Fsp3) is 1.00. The smallest absolute Gasteiger partial charge is 0.249 e. The summed E-state index contributed by atoms with van der Waals surface area (Å²) >= 11 is 0. The van der Waals surface area contributed by atoms with Gasteiger partial charge in [0.05, 0.1) is 0 Å². The molecule has 0 bridgehead atoms. The molecule has 1 aliphatic rings. The third-order valence-electron chi connectivity index (χ3n) is 2.01. The van der Waals surface area contributed by atoms with Gasteiger partial charge in [0.1, 0.15) is 0 Å². The van der Waals surface area contributed by atoms with Gasteiger partial charge in [0, 0.05) is 12.5 Å². The van der Waals surface area contributed by atoms with Crippen LogP contribution in [0.2, 0.25) is 0 Å². The highest BCUT2D eigenvalue weighted by molar-refractivity contribution is 4.78. The lowest BCUT2D eigenvalue weighted by Gasteiger charge is -2.27. The van der Waals surface area contributed by atoms with Gasteiger partial charge in [-0.05, 0) is 26.3 Å². The van der Waals surface area contributed by atoms with Gasteiger partial charge in [-0.3, -0.25) is 0 Å². The zero-order valence-corrected chi connectivity index (χ0v) is 6.16. The van der Waals surface area contributed by atoms with E-state index in [1.807, 2.05) is 0 Å². The molecule has 0 saturated carbocycles. The third-order valence-corrected chi connectivity index (χ3v) is 2.01. The number of rotatable bonds is 1. The minimum atomic E-state index is -2.49.